The highest BCUT2D eigenvalue weighted by atomic mass is 32.1. The number of amides is 1. The Hall–Kier alpha value is -2.35. The molecule has 0 saturated carbocycles. The minimum absolute atomic E-state index is 0.0612. The van der Waals surface area contributed by atoms with Gasteiger partial charge in [-0.1, -0.05) is 0 Å². The third-order valence-corrected chi connectivity index (χ3v) is 3.62. The first-order valence-corrected chi connectivity index (χ1v) is 6.77. The number of rotatable bonds is 3. The number of carbonyl (C=O) groups excluding carboxylic acids is 1. The van der Waals surface area contributed by atoms with Crippen molar-refractivity contribution in [3.05, 3.63) is 58.6 Å². The van der Waals surface area contributed by atoms with Crippen LogP contribution in [0.2, 0.25) is 0 Å². The minimum Gasteiger partial charge on any atom is -0.346 e. The summed E-state index contributed by atoms with van der Waals surface area (Å²) in [4.78, 5) is 16.8. The Bertz CT molecular complexity index is 799. The lowest BCUT2D eigenvalue weighted by molar-refractivity contribution is 0.0945. The van der Waals surface area contributed by atoms with Gasteiger partial charge in [-0.3, -0.25) is 9.20 Å². The van der Waals surface area contributed by atoms with Crippen molar-refractivity contribution < 1.29 is 18.0 Å². The Balaban J connectivity index is 1.74. The zero-order valence-electron chi connectivity index (χ0n) is 10.4. The summed E-state index contributed by atoms with van der Waals surface area (Å²) >= 11 is 1.43. The molecule has 2 heterocycles. The maximum absolute atomic E-state index is 13.5. The van der Waals surface area contributed by atoms with Gasteiger partial charge in [-0.05, 0) is 12.1 Å². The Labute approximate surface area is 120 Å². The molecule has 0 radical (unpaired) electrons. The number of carbonyl (C=O) groups is 1. The lowest BCUT2D eigenvalue weighted by Gasteiger charge is -2.05. The molecule has 8 heteroatoms. The molecule has 1 N–H and O–H groups in total. The first-order valence-electron chi connectivity index (χ1n) is 5.89. The van der Waals surface area contributed by atoms with Crippen LogP contribution >= 0.6 is 11.3 Å². The molecule has 21 heavy (non-hydrogen) atoms. The lowest BCUT2D eigenvalue weighted by atomic mass is 10.2. The van der Waals surface area contributed by atoms with Gasteiger partial charge in [0.2, 0.25) is 0 Å². The zero-order chi connectivity index (χ0) is 15.0. The summed E-state index contributed by atoms with van der Waals surface area (Å²) in [6.45, 7) is 0.0612. The Morgan fingerprint density at radius 1 is 1.29 bits per heavy atom. The second kappa shape index (κ2) is 5.21. The van der Waals surface area contributed by atoms with Gasteiger partial charge in [0.25, 0.3) is 5.91 Å². The molecule has 0 fully saturated rings. The van der Waals surface area contributed by atoms with E-state index in [4.69, 9.17) is 0 Å². The van der Waals surface area contributed by atoms with Crippen LogP contribution in [-0.2, 0) is 6.54 Å². The normalized spacial score (nSPS) is 11.0. The molecule has 0 aliphatic rings. The molecule has 0 aliphatic carbocycles. The van der Waals surface area contributed by atoms with Crippen molar-refractivity contribution in [1.29, 1.82) is 0 Å². The number of imidazole rings is 1. The van der Waals surface area contributed by atoms with E-state index in [0.29, 0.717) is 11.8 Å². The highest BCUT2D eigenvalue weighted by molar-refractivity contribution is 7.15. The third-order valence-electron chi connectivity index (χ3n) is 2.85. The quantitative estimate of drug-likeness (QED) is 0.756. The molecule has 0 bridgehead atoms. The largest absolute Gasteiger partial charge is 0.346 e. The van der Waals surface area contributed by atoms with Gasteiger partial charge in [0, 0.05) is 17.8 Å². The predicted octanol–water partition coefficient (Wildman–Crippen LogP) is 2.74. The van der Waals surface area contributed by atoms with Crippen molar-refractivity contribution >= 4 is 22.2 Å². The molecule has 4 nitrogen and oxygen atoms in total. The van der Waals surface area contributed by atoms with Crippen molar-refractivity contribution in [2.24, 2.45) is 0 Å². The van der Waals surface area contributed by atoms with Gasteiger partial charge in [0.15, 0.2) is 22.4 Å². The molecule has 2 aromatic heterocycles. The Morgan fingerprint density at radius 2 is 2.10 bits per heavy atom. The molecule has 0 saturated heterocycles. The van der Waals surface area contributed by atoms with Gasteiger partial charge < -0.3 is 5.32 Å². The highest BCUT2D eigenvalue weighted by Crippen LogP contribution is 2.15. The molecule has 108 valence electrons. The number of thiazole rings is 1. The van der Waals surface area contributed by atoms with Gasteiger partial charge in [0.05, 0.1) is 17.8 Å². The summed E-state index contributed by atoms with van der Waals surface area (Å²) in [6, 6.07) is 1.61. The van der Waals surface area contributed by atoms with E-state index in [0.717, 1.165) is 11.0 Å². The fourth-order valence-corrected chi connectivity index (χ4v) is 2.55. The van der Waals surface area contributed by atoms with Crippen LogP contribution in [0.3, 0.4) is 0 Å². The minimum atomic E-state index is -1.66. The van der Waals surface area contributed by atoms with Crippen LogP contribution < -0.4 is 5.32 Å². The van der Waals surface area contributed by atoms with Crippen LogP contribution in [0, 0.1) is 17.5 Å². The lowest BCUT2D eigenvalue weighted by Crippen LogP contribution is -2.24. The summed E-state index contributed by atoms with van der Waals surface area (Å²) in [7, 11) is 0. The second-order valence-electron chi connectivity index (χ2n) is 4.23. The molecule has 3 rings (SSSR count). The van der Waals surface area contributed by atoms with E-state index in [9.17, 15) is 18.0 Å². The number of benzene rings is 1. The molecule has 1 amide bonds. The predicted molar refractivity (Wildman–Crippen MR) is 70.6 cm³/mol. The van der Waals surface area contributed by atoms with Crippen LogP contribution in [-0.4, -0.2) is 15.3 Å². The van der Waals surface area contributed by atoms with Crippen molar-refractivity contribution in [2.75, 3.05) is 0 Å². The molecular formula is C13H8F3N3OS. The van der Waals surface area contributed by atoms with E-state index >= 15 is 0 Å². The third kappa shape index (κ3) is 2.49. The van der Waals surface area contributed by atoms with E-state index < -0.39 is 28.9 Å². The number of aromatic nitrogens is 2. The van der Waals surface area contributed by atoms with Crippen LogP contribution in [0.25, 0.3) is 4.96 Å². The molecule has 0 aliphatic heterocycles. The average molecular weight is 311 g/mol. The van der Waals surface area contributed by atoms with Crippen LogP contribution in [0.15, 0.2) is 29.9 Å². The fourth-order valence-electron chi connectivity index (χ4n) is 1.83. The first-order chi connectivity index (χ1) is 10.1. The summed E-state index contributed by atoms with van der Waals surface area (Å²) in [5.41, 5.74) is 0.0353. The molecule has 0 spiro atoms. The molecular weight excluding hydrogens is 303 g/mol. The van der Waals surface area contributed by atoms with E-state index in [2.05, 4.69) is 10.3 Å². The van der Waals surface area contributed by atoms with E-state index in [1.54, 1.807) is 10.6 Å². The maximum atomic E-state index is 13.5. The summed E-state index contributed by atoms with van der Waals surface area (Å²) in [5, 5.41) is 4.28. The van der Waals surface area contributed by atoms with Crippen molar-refractivity contribution in [2.45, 2.75) is 6.54 Å². The molecule has 0 unspecified atom stereocenters. The van der Waals surface area contributed by atoms with Crippen molar-refractivity contribution in [3.63, 3.8) is 0 Å². The Kier molecular flexibility index (Phi) is 3.38. The number of halogens is 3. The zero-order valence-corrected chi connectivity index (χ0v) is 11.3. The Morgan fingerprint density at radius 3 is 2.86 bits per heavy atom. The number of fused-ring (bicyclic) bond motifs is 1. The standard InChI is InChI=1S/C13H8F3N3OS/c14-9-2-1-8(10(15)11(9)16)12(20)17-5-7-6-19-3-4-21-13(19)18-7/h1-4,6H,5H2,(H,17,20). The highest BCUT2D eigenvalue weighted by Gasteiger charge is 2.18. The second-order valence-corrected chi connectivity index (χ2v) is 5.10. The number of nitrogens with one attached hydrogen (secondary N) is 1. The van der Waals surface area contributed by atoms with Gasteiger partial charge in [-0.25, -0.2) is 18.2 Å². The number of nitrogens with zero attached hydrogens (tertiary/aromatic N) is 2. The fraction of sp³-hybridized carbons (Fsp3) is 0.0769. The van der Waals surface area contributed by atoms with Crippen molar-refractivity contribution in [1.82, 2.24) is 14.7 Å². The smallest absolute Gasteiger partial charge is 0.254 e. The van der Waals surface area contributed by atoms with Crippen LogP contribution in [0.1, 0.15) is 16.1 Å². The monoisotopic (exact) mass is 311 g/mol. The molecule has 0 atom stereocenters. The maximum Gasteiger partial charge on any atom is 0.254 e. The van der Waals surface area contributed by atoms with Gasteiger partial charge in [-0.2, -0.15) is 0 Å². The van der Waals surface area contributed by atoms with Crippen molar-refractivity contribution in [3.8, 4) is 0 Å². The van der Waals surface area contributed by atoms with E-state index in [-0.39, 0.29) is 6.54 Å². The number of hydrogen-bond donors (Lipinski definition) is 1. The van der Waals surface area contributed by atoms with E-state index in [1.165, 1.54) is 11.3 Å². The summed E-state index contributed by atoms with van der Waals surface area (Å²) in [5.74, 6) is -5.33. The van der Waals surface area contributed by atoms with Gasteiger partial charge in [0.1, 0.15) is 0 Å². The first kappa shape index (κ1) is 13.6. The summed E-state index contributed by atoms with van der Waals surface area (Å²) in [6.07, 6.45) is 3.53. The topological polar surface area (TPSA) is 46.4 Å². The molecule has 3 aromatic rings. The average Bonchev–Trinajstić information content (AvgIpc) is 3.03. The van der Waals surface area contributed by atoms with E-state index in [1.807, 2.05) is 11.6 Å². The summed E-state index contributed by atoms with van der Waals surface area (Å²) < 4.78 is 41.1. The molecule has 1 aromatic carbocycles. The van der Waals surface area contributed by atoms with Gasteiger partial charge in [-0.15, -0.1) is 11.3 Å². The van der Waals surface area contributed by atoms with Gasteiger partial charge >= 0.3 is 0 Å². The van der Waals surface area contributed by atoms with Crippen LogP contribution in [0.4, 0.5) is 13.2 Å². The SMILES string of the molecule is O=C(NCc1cn2ccsc2n1)c1ccc(F)c(F)c1F. The van der Waals surface area contributed by atoms with Crippen LogP contribution in [0.5, 0.6) is 0 Å². The number of hydrogen-bond acceptors (Lipinski definition) is 3.